The van der Waals surface area contributed by atoms with Crippen molar-refractivity contribution < 1.29 is 0 Å². The summed E-state index contributed by atoms with van der Waals surface area (Å²) in [7, 11) is 0. The predicted molar refractivity (Wildman–Crippen MR) is 89.5 cm³/mol. The van der Waals surface area contributed by atoms with E-state index in [0.717, 1.165) is 23.1 Å². The third-order valence-corrected chi connectivity index (χ3v) is 4.52. The van der Waals surface area contributed by atoms with Crippen molar-refractivity contribution in [1.82, 2.24) is 9.88 Å². The molecule has 3 rings (SSSR count). The molecule has 1 aliphatic heterocycles. The standard InChI is InChI=1S/C17H21ClN3/c1-12-5-3-4-10-21(12)13(2)20-16-8-9-19-17-11-14(18)6-7-15(16)17/h6-9,11-13H,2-5,10H2,1H3,(H,19,20). The van der Waals surface area contributed by atoms with Crippen molar-refractivity contribution in [2.75, 3.05) is 11.9 Å². The summed E-state index contributed by atoms with van der Waals surface area (Å²) in [6.07, 6.45) is 5.71. The van der Waals surface area contributed by atoms with Gasteiger partial charge in [0.05, 0.1) is 11.7 Å². The molecule has 1 aromatic heterocycles. The topological polar surface area (TPSA) is 28.2 Å². The van der Waals surface area contributed by atoms with E-state index < -0.39 is 0 Å². The number of nitrogens with one attached hydrogen (secondary N) is 1. The van der Waals surface area contributed by atoms with Crippen LogP contribution in [0.4, 0.5) is 5.69 Å². The number of halogens is 1. The van der Waals surface area contributed by atoms with E-state index in [1.165, 1.54) is 19.3 Å². The van der Waals surface area contributed by atoms with Crippen LogP contribution in [0.25, 0.3) is 10.9 Å². The molecule has 1 aliphatic rings. The number of pyridine rings is 1. The van der Waals surface area contributed by atoms with Crippen molar-refractivity contribution in [3.05, 3.63) is 42.4 Å². The second kappa shape index (κ2) is 6.20. The number of piperidine rings is 1. The molecule has 2 atom stereocenters. The Labute approximate surface area is 131 Å². The molecule has 111 valence electrons. The zero-order chi connectivity index (χ0) is 14.8. The van der Waals surface area contributed by atoms with Crippen molar-refractivity contribution in [2.24, 2.45) is 0 Å². The molecule has 4 heteroatoms. The number of likely N-dealkylation sites (tertiary alicyclic amines) is 1. The van der Waals surface area contributed by atoms with Crippen LogP contribution in [0.2, 0.25) is 5.02 Å². The zero-order valence-electron chi connectivity index (χ0n) is 12.3. The van der Waals surface area contributed by atoms with Gasteiger partial charge < -0.3 is 5.32 Å². The van der Waals surface area contributed by atoms with Gasteiger partial charge in [0.25, 0.3) is 0 Å². The molecule has 0 bridgehead atoms. The van der Waals surface area contributed by atoms with Gasteiger partial charge in [-0.15, -0.1) is 0 Å². The molecule has 0 spiro atoms. The van der Waals surface area contributed by atoms with E-state index in [1.807, 2.05) is 30.5 Å². The monoisotopic (exact) mass is 302 g/mol. The Morgan fingerprint density at radius 1 is 1.38 bits per heavy atom. The van der Waals surface area contributed by atoms with E-state index in [0.29, 0.717) is 11.1 Å². The van der Waals surface area contributed by atoms with Crippen LogP contribution in [-0.4, -0.2) is 28.6 Å². The van der Waals surface area contributed by atoms with Crippen molar-refractivity contribution in [2.45, 2.75) is 38.4 Å². The summed E-state index contributed by atoms with van der Waals surface area (Å²) in [6.45, 7) is 7.69. The Kier molecular flexibility index (Phi) is 4.32. The van der Waals surface area contributed by atoms with Gasteiger partial charge in [0, 0.05) is 34.9 Å². The fourth-order valence-corrected chi connectivity index (χ4v) is 3.26. The molecule has 0 amide bonds. The molecule has 1 fully saturated rings. The minimum Gasteiger partial charge on any atom is -0.369 e. The molecule has 0 aliphatic carbocycles. The van der Waals surface area contributed by atoms with Crippen LogP contribution in [0.5, 0.6) is 0 Å². The number of rotatable bonds is 3. The zero-order valence-corrected chi connectivity index (χ0v) is 13.1. The highest BCUT2D eigenvalue weighted by molar-refractivity contribution is 6.31. The highest BCUT2D eigenvalue weighted by Crippen LogP contribution is 2.26. The van der Waals surface area contributed by atoms with Crippen molar-refractivity contribution in [1.29, 1.82) is 0 Å². The van der Waals surface area contributed by atoms with Crippen LogP contribution in [0.15, 0.2) is 30.5 Å². The van der Waals surface area contributed by atoms with Gasteiger partial charge in [-0.1, -0.05) is 18.0 Å². The van der Waals surface area contributed by atoms with Crippen molar-refractivity contribution in [3.63, 3.8) is 0 Å². The number of aromatic nitrogens is 1. The fraction of sp³-hybridized carbons (Fsp3) is 0.412. The molecule has 0 saturated carbocycles. The summed E-state index contributed by atoms with van der Waals surface area (Å²) in [6, 6.07) is 8.39. The Morgan fingerprint density at radius 2 is 2.24 bits per heavy atom. The number of hydrogen-bond acceptors (Lipinski definition) is 3. The second-order valence-electron chi connectivity index (χ2n) is 5.76. The molecule has 2 heterocycles. The van der Waals surface area contributed by atoms with Gasteiger partial charge in [-0.25, -0.2) is 0 Å². The lowest BCUT2D eigenvalue weighted by Gasteiger charge is -2.38. The lowest BCUT2D eigenvalue weighted by molar-refractivity contribution is 0.139. The Balaban J connectivity index is 1.84. The van der Waals surface area contributed by atoms with E-state index in [-0.39, 0.29) is 6.17 Å². The highest BCUT2D eigenvalue weighted by atomic mass is 35.5. The summed E-state index contributed by atoms with van der Waals surface area (Å²) < 4.78 is 0. The normalized spacial score (nSPS) is 21.4. The van der Waals surface area contributed by atoms with E-state index >= 15 is 0 Å². The summed E-state index contributed by atoms with van der Waals surface area (Å²) in [5.74, 6) is 0. The average Bonchev–Trinajstić information content (AvgIpc) is 2.47. The third-order valence-electron chi connectivity index (χ3n) is 4.28. The summed E-state index contributed by atoms with van der Waals surface area (Å²) in [5, 5.41) is 5.33. The number of nitrogens with zero attached hydrogens (tertiary/aromatic N) is 2. The third kappa shape index (κ3) is 3.14. The van der Waals surface area contributed by atoms with Gasteiger partial charge >= 0.3 is 0 Å². The molecule has 21 heavy (non-hydrogen) atoms. The molecule has 2 aromatic rings. The first kappa shape index (κ1) is 14.6. The molecular formula is C17H21ClN3. The minimum atomic E-state index is 0.0709. The van der Waals surface area contributed by atoms with E-state index in [2.05, 4.69) is 29.0 Å². The average molecular weight is 303 g/mol. The van der Waals surface area contributed by atoms with Crippen LogP contribution in [0.3, 0.4) is 0 Å². The van der Waals surface area contributed by atoms with Gasteiger partial charge in [0.15, 0.2) is 0 Å². The predicted octanol–water partition coefficient (Wildman–Crippen LogP) is 4.33. The highest BCUT2D eigenvalue weighted by Gasteiger charge is 2.23. The molecule has 2 unspecified atom stereocenters. The number of benzene rings is 1. The summed E-state index contributed by atoms with van der Waals surface area (Å²) >= 11 is 6.04. The quantitative estimate of drug-likeness (QED) is 0.914. The lowest BCUT2D eigenvalue weighted by Crippen LogP contribution is -2.47. The van der Waals surface area contributed by atoms with Gasteiger partial charge in [-0.05, 0) is 51.0 Å². The first-order valence-corrected chi connectivity index (χ1v) is 7.92. The molecule has 1 aromatic carbocycles. The van der Waals surface area contributed by atoms with E-state index in [9.17, 15) is 0 Å². The largest absolute Gasteiger partial charge is 0.369 e. The first-order valence-electron chi connectivity index (χ1n) is 7.55. The smallest absolute Gasteiger partial charge is 0.0797 e. The van der Waals surface area contributed by atoms with E-state index in [1.54, 1.807) is 0 Å². The van der Waals surface area contributed by atoms with Crippen LogP contribution in [-0.2, 0) is 0 Å². The molecule has 1 saturated heterocycles. The minimum absolute atomic E-state index is 0.0709. The maximum Gasteiger partial charge on any atom is 0.0797 e. The van der Waals surface area contributed by atoms with Gasteiger partial charge in [0.1, 0.15) is 0 Å². The Morgan fingerprint density at radius 3 is 3.05 bits per heavy atom. The van der Waals surface area contributed by atoms with Crippen LogP contribution in [0.1, 0.15) is 26.2 Å². The molecular weight excluding hydrogens is 282 g/mol. The maximum atomic E-state index is 6.04. The van der Waals surface area contributed by atoms with Gasteiger partial charge in [-0.2, -0.15) is 0 Å². The van der Waals surface area contributed by atoms with Crippen LogP contribution >= 0.6 is 11.6 Å². The SMILES string of the molecule is [CH2]C(Nc1ccnc2cc(Cl)ccc12)N1CCCCC1C. The van der Waals surface area contributed by atoms with Crippen LogP contribution < -0.4 is 5.32 Å². The second-order valence-corrected chi connectivity index (χ2v) is 6.20. The van der Waals surface area contributed by atoms with Crippen molar-refractivity contribution in [3.8, 4) is 0 Å². The molecule has 1 radical (unpaired) electrons. The summed E-state index contributed by atoms with van der Waals surface area (Å²) in [4.78, 5) is 6.82. The van der Waals surface area contributed by atoms with Gasteiger partial charge in [-0.3, -0.25) is 9.88 Å². The maximum absolute atomic E-state index is 6.04. The Bertz CT molecular complexity index is 628. The van der Waals surface area contributed by atoms with Crippen LogP contribution in [0, 0.1) is 6.92 Å². The lowest BCUT2D eigenvalue weighted by atomic mass is 10.0. The summed E-state index contributed by atoms with van der Waals surface area (Å²) in [5.41, 5.74) is 1.97. The fourth-order valence-electron chi connectivity index (χ4n) is 3.09. The van der Waals surface area contributed by atoms with Crippen molar-refractivity contribution >= 4 is 28.2 Å². The number of hydrogen-bond donors (Lipinski definition) is 1. The number of anilines is 1. The van der Waals surface area contributed by atoms with Gasteiger partial charge in [0.2, 0.25) is 0 Å². The first-order chi connectivity index (χ1) is 10.1. The molecule has 1 N–H and O–H groups in total. The molecule has 3 nitrogen and oxygen atoms in total. The van der Waals surface area contributed by atoms with E-state index in [4.69, 9.17) is 11.6 Å². The Hall–Kier alpha value is -1.32. The number of fused-ring (bicyclic) bond motifs is 1.